The van der Waals surface area contributed by atoms with Gasteiger partial charge in [0.1, 0.15) is 5.82 Å². The van der Waals surface area contributed by atoms with Gasteiger partial charge in [-0.2, -0.15) is 0 Å². The fraction of sp³-hybridized carbons (Fsp3) is 0.417. The van der Waals surface area contributed by atoms with Crippen LogP contribution >= 0.6 is 12.4 Å². The molecule has 1 N–H and O–H groups in total. The molecule has 0 saturated heterocycles. The highest BCUT2D eigenvalue weighted by molar-refractivity contribution is 5.85. The topological polar surface area (TPSA) is 32.3 Å². The van der Waals surface area contributed by atoms with E-state index in [4.69, 9.17) is 0 Å². The molecule has 0 unspecified atom stereocenters. The van der Waals surface area contributed by atoms with Gasteiger partial charge in [0.2, 0.25) is 5.91 Å². The molecule has 0 fully saturated rings. The average molecular weight is 261 g/mol. The maximum absolute atomic E-state index is 13.3. The normalized spacial score (nSPS) is 9.59. The quantitative estimate of drug-likeness (QED) is 0.876. The van der Waals surface area contributed by atoms with E-state index in [9.17, 15) is 9.18 Å². The molecule has 0 aliphatic carbocycles. The molecule has 5 heteroatoms. The zero-order valence-corrected chi connectivity index (χ0v) is 10.9. The van der Waals surface area contributed by atoms with Crippen molar-refractivity contribution in [3.8, 4) is 0 Å². The van der Waals surface area contributed by atoms with E-state index in [1.54, 1.807) is 32.3 Å². The first-order valence-corrected chi connectivity index (χ1v) is 5.27. The number of rotatable bonds is 5. The smallest absolute Gasteiger partial charge is 0.223 e. The van der Waals surface area contributed by atoms with E-state index in [1.807, 2.05) is 0 Å². The van der Waals surface area contributed by atoms with Crippen molar-refractivity contribution in [1.29, 1.82) is 0 Å². The molecule has 96 valence electrons. The number of benzene rings is 1. The van der Waals surface area contributed by atoms with Crippen LogP contribution in [0.5, 0.6) is 0 Å². The first-order valence-electron chi connectivity index (χ1n) is 5.27. The summed E-state index contributed by atoms with van der Waals surface area (Å²) in [5, 5.41) is 2.91. The lowest BCUT2D eigenvalue weighted by atomic mass is 10.2. The standard InChI is InChI=1S/C12H17FN2O.ClH/c1-14-8-7-12(16)15(2)9-10-5-3-4-6-11(10)13;/h3-6,14H,7-9H2,1-2H3;1H. The van der Waals surface area contributed by atoms with Crippen molar-refractivity contribution in [3.63, 3.8) is 0 Å². The Kier molecular flexibility index (Phi) is 7.50. The van der Waals surface area contributed by atoms with Crippen molar-refractivity contribution >= 4 is 18.3 Å². The minimum atomic E-state index is -0.268. The number of hydrogen-bond donors (Lipinski definition) is 1. The van der Waals surface area contributed by atoms with E-state index in [0.717, 1.165) is 0 Å². The molecule has 17 heavy (non-hydrogen) atoms. The Balaban J connectivity index is 0.00000256. The second-order valence-electron chi connectivity index (χ2n) is 3.69. The highest BCUT2D eigenvalue weighted by Crippen LogP contribution is 2.09. The maximum Gasteiger partial charge on any atom is 0.223 e. The molecule has 0 aliphatic rings. The van der Waals surface area contributed by atoms with Gasteiger partial charge in [-0.1, -0.05) is 18.2 Å². The molecule has 1 aromatic carbocycles. The number of amides is 1. The molecule has 0 radical (unpaired) electrons. The summed E-state index contributed by atoms with van der Waals surface area (Å²) in [5.74, 6) is -0.256. The van der Waals surface area contributed by atoms with Gasteiger partial charge in [0.15, 0.2) is 0 Å². The Hall–Kier alpha value is -1.13. The zero-order chi connectivity index (χ0) is 12.0. The van der Waals surface area contributed by atoms with Crippen molar-refractivity contribution in [2.45, 2.75) is 13.0 Å². The monoisotopic (exact) mass is 260 g/mol. The Morgan fingerprint density at radius 3 is 2.65 bits per heavy atom. The van der Waals surface area contributed by atoms with Crippen LogP contribution in [0.2, 0.25) is 0 Å². The first-order chi connectivity index (χ1) is 7.65. The molecule has 0 heterocycles. The molecule has 0 aliphatic heterocycles. The lowest BCUT2D eigenvalue weighted by Crippen LogP contribution is -2.29. The minimum absolute atomic E-state index is 0. The van der Waals surface area contributed by atoms with Crippen molar-refractivity contribution in [2.75, 3.05) is 20.6 Å². The number of hydrogen-bond acceptors (Lipinski definition) is 2. The number of nitrogens with zero attached hydrogens (tertiary/aromatic N) is 1. The molecule has 0 atom stereocenters. The van der Waals surface area contributed by atoms with Crippen molar-refractivity contribution in [3.05, 3.63) is 35.6 Å². The lowest BCUT2D eigenvalue weighted by molar-refractivity contribution is -0.130. The molecule has 0 aromatic heterocycles. The van der Waals surface area contributed by atoms with Gasteiger partial charge in [0.25, 0.3) is 0 Å². The third-order valence-electron chi connectivity index (χ3n) is 2.38. The molecule has 1 aromatic rings. The summed E-state index contributed by atoms with van der Waals surface area (Å²) in [5.41, 5.74) is 0.544. The van der Waals surface area contributed by atoms with E-state index < -0.39 is 0 Å². The van der Waals surface area contributed by atoms with Crippen LogP contribution in [0.25, 0.3) is 0 Å². The van der Waals surface area contributed by atoms with Crippen molar-refractivity contribution in [1.82, 2.24) is 10.2 Å². The number of carbonyl (C=O) groups excluding carboxylic acids is 1. The van der Waals surface area contributed by atoms with Crippen LogP contribution in [0.1, 0.15) is 12.0 Å². The largest absolute Gasteiger partial charge is 0.341 e. The Morgan fingerprint density at radius 2 is 2.06 bits per heavy atom. The summed E-state index contributed by atoms with van der Waals surface area (Å²) in [4.78, 5) is 13.1. The van der Waals surface area contributed by atoms with Gasteiger partial charge in [0.05, 0.1) is 0 Å². The van der Waals surface area contributed by atoms with Gasteiger partial charge < -0.3 is 10.2 Å². The van der Waals surface area contributed by atoms with Gasteiger partial charge in [-0.05, 0) is 13.1 Å². The van der Waals surface area contributed by atoms with E-state index in [1.165, 1.54) is 11.0 Å². The summed E-state index contributed by atoms with van der Waals surface area (Å²) in [6.07, 6.45) is 0.432. The third-order valence-corrected chi connectivity index (χ3v) is 2.38. The van der Waals surface area contributed by atoms with Gasteiger partial charge in [-0.15, -0.1) is 12.4 Å². The fourth-order valence-corrected chi connectivity index (χ4v) is 1.39. The molecule has 0 saturated carbocycles. The number of halogens is 2. The van der Waals surface area contributed by atoms with Crippen LogP contribution in [0.4, 0.5) is 4.39 Å². The SMILES string of the molecule is CNCCC(=O)N(C)Cc1ccccc1F.Cl. The average Bonchev–Trinajstić information content (AvgIpc) is 2.28. The fourth-order valence-electron chi connectivity index (χ4n) is 1.39. The van der Waals surface area contributed by atoms with Crippen LogP contribution in [0.3, 0.4) is 0 Å². The van der Waals surface area contributed by atoms with Crippen LogP contribution in [-0.2, 0) is 11.3 Å². The predicted molar refractivity (Wildman–Crippen MR) is 68.7 cm³/mol. The molecule has 0 bridgehead atoms. The van der Waals surface area contributed by atoms with E-state index in [-0.39, 0.29) is 24.1 Å². The Labute approximate surface area is 107 Å². The van der Waals surface area contributed by atoms with Crippen LogP contribution in [0.15, 0.2) is 24.3 Å². The summed E-state index contributed by atoms with van der Waals surface area (Å²) >= 11 is 0. The van der Waals surface area contributed by atoms with Gasteiger partial charge in [-0.3, -0.25) is 4.79 Å². The molecule has 0 spiro atoms. The summed E-state index contributed by atoms with van der Waals surface area (Å²) < 4.78 is 13.3. The van der Waals surface area contributed by atoms with Crippen LogP contribution in [-0.4, -0.2) is 31.4 Å². The van der Waals surface area contributed by atoms with Crippen molar-refractivity contribution < 1.29 is 9.18 Å². The highest BCUT2D eigenvalue weighted by atomic mass is 35.5. The molecular formula is C12H18ClFN2O. The number of nitrogens with one attached hydrogen (secondary N) is 1. The third kappa shape index (κ3) is 5.15. The van der Waals surface area contributed by atoms with E-state index >= 15 is 0 Å². The first kappa shape index (κ1) is 15.9. The lowest BCUT2D eigenvalue weighted by Gasteiger charge is -2.17. The maximum atomic E-state index is 13.3. The van der Waals surface area contributed by atoms with E-state index in [0.29, 0.717) is 25.1 Å². The molecule has 1 amide bonds. The van der Waals surface area contributed by atoms with Crippen molar-refractivity contribution in [2.24, 2.45) is 0 Å². The van der Waals surface area contributed by atoms with Gasteiger partial charge in [0, 0.05) is 32.1 Å². The second kappa shape index (κ2) is 8.03. The number of carbonyl (C=O) groups is 1. The summed E-state index contributed by atoms with van der Waals surface area (Å²) in [7, 11) is 3.48. The second-order valence-corrected chi connectivity index (χ2v) is 3.69. The Bertz CT molecular complexity index is 360. The molecule has 3 nitrogen and oxygen atoms in total. The Morgan fingerprint density at radius 1 is 1.41 bits per heavy atom. The summed E-state index contributed by atoms with van der Waals surface area (Å²) in [6, 6.07) is 6.50. The van der Waals surface area contributed by atoms with Gasteiger partial charge in [-0.25, -0.2) is 4.39 Å². The highest BCUT2D eigenvalue weighted by Gasteiger charge is 2.10. The van der Waals surface area contributed by atoms with E-state index in [2.05, 4.69) is 5.32 Å². The van der Waals surface area contributed by atoms with Crippen LogP contribution in [0, 0.1) is 5.82 Å². The molecular weight excluding hydrogens is 243 g/mol. The van der Waals surface area contributed by atoms with Crippen LogP contribution < -0.4 is 5.32 Å². The van der Waals surface area contributed by atoms with Gasteiger partial charge >= 0.3 is 0 Å². The zero-order valence-electron chi connectivity index (χ0n) is 10.1. The minimum Gasteiger partial charge on any atom is -0.341 e. The predicted octanol–water partition coefficient (Wildman–Crippen LogP) is 1.82. The summed E-state index contributed by atoms with van der Waals surface area (Å²) in [6.45, 7) is 0.954. The molecule has 1 rings (SSSR count).